The number of amides is 1. The van der Waals surface area contributed by atoms with Gasteiger partial charge in [0.2, 0.25) is 0 Å². The van der Waals surface area contributed by atoms with E-state index in [1.807, 2.05) is 48.5 Å². The Morgan fingerprint density at radius 3 is 2.47 bits per heavy atom. The summed E-state index contributed by atoms with van der Waals surface area (Å²) in [5.41, 5.74) is 1.23. The quantitative estimate of drug-likeness (QED) is 0.448. The summed E-state index contributed by atoms with van der Waals surface area (Å²) >= 11 is 0. The first kappa shape index (κ1) is 22.1. The molecule has 1 unspecified atom stereocenters. The zero-order valence-corrected chi connectivity index (χ0v) is 19.0. The minimum absolute atomic E-state index is 0.114. The molecule has 0 bridgehead atoms. The van der Waals surface area contributed by atoms with Crippen LogP contribution in [0.15, 0.2) is 63.6 Å². The Kier molecular flexibility index (Phi) is 7.20. The summed E-state index contributed by atoms with van der Waals surface area (Å²) in [6, 6.07) is 15.5. The Balaban J connectivity index is 1.45. The lowest BCUT2D eigenvalue weighted by atomic mass is 10.1. The monoisotopic (exact) mass is 436 g/mol. The van der Waals surface area contributed by atoms with E-state index in [0.29, 0.717) is 18.8 Å². The van der Waals surface area contributed by atoms with Crippen molar-refractivity contribution in [3.05, 3.63) is 71.9 Å². The summed E-state index contributed by atoms with van der Waals surface area (Å²) in [7, 11) is 0. The van der Waals surface area contributed by atoms with Crippen LogP contribution in [-0.2, 0) is 24.3 Å². The molecule has 1 amide bonds. The van der Waals surface area contributed by atoms with Gasteiger partial charge in [-0.2, -0.15) is 0 Å². The lowest BCUT2D eigenvalue weighted by molar-refractivity contribution is -0.139. The van der Waals surface area contributed by atoms with Gasteiger partial charge < -0.3 is 23.4 Å². The molecule has 0 spiro atoms. The van der Waals surface area contributed by atoms with Crippen LogP contribution in [0.5, 0.6) is 5.75 Å². The second-order valence-electron chi connectivity index (χ2n) is 8.32. The third-order valence-electron chi connectivity index (χ3n) is 5.89. The Hall–Kier alpha value is -3.15. The minimum atomic E-state index is -0.631. The van der Waals surface area contributed by atoms with Crippen LogP contribution in [0, 0.1) is 0 Å². The molecule has 0 radical (unpaired) electrons. The molecule has 0 saturated carbocycles. The van der Waals surface area contributed by atoms with Crippen molar-refractivity contribution < 1.29 is 18.4 Å². The number of nitrogens with zero attached hydrogens (tertiary/aromatic N) is 2. The van der Waals surface area contributed by atoms with Crippen molar-refractivity contribution in [1.82, 2.24) is 4.90 Å². The van der Waals surface area contributed by atoms with Crippen LogP contribution in [0.1, 0.15) is 50.2 Å². The number of rotatable bonds is 9. The Bertz CT molecular complexity index is 972. The predicted octanol–water partition coefficient (Wildman–Crippen LogP) is 5.42. The SMILES string of the molecule is CCc1ccc(OC(C)C(=O)N(Cc2ccco2)Cc2ccc(N3CCCCC3)o2)cc1. The van der Waals surface area contributed by atoms with E-state index in [9.17, 15) is 4.79 Å². The lowest BCUT2D eigenvalue weighted by Crippen LogP contribution is -2.39. The van der Waals surface area contributed by atoms with E-state index in [-0.39, 0.29) is 5.91 Å². The number of anilines is 1. The number of aryl methyl sites for hydroxylation is 1. The van der Waals surface area contributed by atoms with Gasteiger partial charge >= 0.3 is 0 Å². The second-order valence-corrected chi connectivity index (χ2v) is 8.32. The van der Waals surface area contributed by atoms with Crippen molar-refractivity contribution in [3.8, 4) is 5.75 Å². The van der Waals surface area contributed by atoms with E-state index >= 15 is 0 Å². The largest absolute Gasteiger partial charge is 0.481 e. The van der Waals surface area contributed by atoms with Gasteiger partial charge in [-0.25, -0.2) is 0 Å². The van der Waals surface area contributed by atoms with Crippen molar-refractivity contribution >= 4 is 11.8 Å². The molecule has 3 heterocycles. The number of benzene rings is 1. The van der Waals surface area contributed by atoms with E-state index in [1.54, 1.807) is 18.1 Å². The highest BCUT2D eigenvalue weighted by molar-refractivity contribution is 5.80. The summed E-state index contributed by atoms with van der Waals surface area (Å²) in [6.07, 6.45) is 5.60. The molecule has 0 aliphatic carbocycles. The molecule has 1 fully saturated rings. The van der Waals surface area contributed by atoms with Gasteiger partial charge in [-0.15, -0.1) is 0 Å². The maximum absolute atomic E-state index is 13.3. The van der Waals surface area contributed by atoms with Crippen LogP contribution in [0.3, 0.4) is 0 Å². The maximum atomic E-state index is 13.3. The fraction of sp³-hybridized carbons (Fsp3) is 0.423. The molecule has 0 N–H and O–H groups in total. The average molecular weight is 437 g/mol. The average Bonchev–Trinajstić information content (AvgIpc) is 3.51. The number of hydrogen-bond donors (Lipinski definition) is 0. The van der Waals surface area contributed by atoms with Gasteiger partial charge in [-0.3, -0.25) is 4.79 Å². The van der Waals surface area contributed by atoms with Gasteiger partial charge in [0.25, 0.3) is 5.91 Å². The second kappa shape index (κ2) is 10.4. The molecule has 1 atom stereocenters. The summed E-state index contributed by atoms with van der Waals surface area (Å²) in [5.74, 6) is 2.93. The van der Waals surface area contributed by atoms with Crippen molar-refractivity contribution in [2.75, 3.05) is 18.0 Å². The van der Waals surface area contributed by atoms with Crippen molar-refractivity contribution in [2.24, 2.45) is 0 Å². The molecule has 4 rings (SSSR count). The molecule has 6 heteroatoms. The maximum Gasteiger partial charge on any atom is 0.264 e. The van der Waals surface area contributed by atoms with E-state index < -0.39 is 6.10 Å². The molecule has 1 aliphatic heterocycles. The Morgan fingerprint density at radius 2 is 1.78 bits per heavy atom. The fourth-order valence-corrected chi connectivity index (χ4v) is 4.04. The molecule has 1 saturated heterocycles. The first-order valence-corrected chi connectivity index (χ1v) is 11.5. The highest BCUT2D eigenvalue weighted by atomic mass is 16.5. The molecular weight excluding hydrogens is 404 g/mol. The predicted molar refractivity (Wildman–Crippen MR) is 124 cm³/mol. The summed E-state index contributed by atoms with van der Waals surface area (Å²) < 4.78 is 17.6. The molecule has 170 valence electrons. The number of hydrogen-bond acceptors (Lipinski definition) is 5. The van der Waals surface area contributed by atoms with Gasteiger partial charge in [0.05, 0.1) is 19.4 Å². The van der Waals surface area contributed by atoms with Gasteiger partial charge in [0, 0.05) is 19.2 Å². The van der Waals surface area contributed by atoms with Crippen molar-refractivity contribution in [1.29, 1.82) is 0 Å². The zero-order valence-electron chi connectivity index (χ0n) is 19.0. The van der Waals surface area contributed by atoms with Crippen LogP contribution < -0.4 is 9.64 Å². The topological polar surface area (TPSA) is 59.1 Å². The molecular formula is C26H32N2O4. The van der Waals surface area contributed by atoms with E-state index in [0.717, 1.165) is 36.9 Å². The number of carbonyl (C=O) groups is 1. The molecule has 1 aliphatic rings. The number of carbonyl (C=O) groups excluding carboxylic acids is 1. The standard InChI is InChI=1S/C26H32N2O4/c1-3-21-9-11-22(12-10-21)31-20(2)26(29)28(18-23-8-7-17-30-23)19-24-13-14-25(32-24)27-15-5-4-6-16-27/h7-14,17,20H,3-6,15-16,18-19H2,1-2H3. The summed E-state index contributed by atoms with van der Waals surface area (Å²) in [5, 5.41) is 0. The molecule has 1 aromatic carbocycles. The fourth-order valence-electron chi connectivity index (χ4n) is 4.04. The van der Waals surface area contributed by atoms with Gasteiger partial charge in [-0.1, -0.05) is 19.1 Å². The van der Waals surface area contributed by atoms with Crippen LogP contribution in [0.25, 0.3) is 0 Å². The normalized spacial score (nSPS) is 14.9. The van der Waals surface area contributed by atoms with Crippen LogP contribution in [0.4, 0.5) is 5.88 Å². The van der Waals surface area contributed by atoms with Crippen LogP contribution >= 0.6 is 0 Å². The zero-order chi connectivity index (χ0) is 22.3. The molecule has 6 nitrogen and oxygen atoms in total. The Morgan fingerprint density at radius 1 is 1.03 bits per heavy atom. The third kappa shape index (κ3) is 5.55. The van der Waals surface area contributed by atoms with Gasteiger partial charge in [0.1, 0.15) is 17.3 Å². The highest BCUT2D eigenvalue weighted by Gasteiger charge is 2.25. The molecule has 32 heavy (non-hydrogen) atoms. The van der Waals surface area contributed by atoms with Gasteiger partial charge in [0.15, 0.2) is 12.0 Å². The highest BCUT2D eigenvalue weighted by Crippen LogP contribution is 2.24. The first-order chi connectivity index (χ1) is 15.6. The third-order valence-corrected chi connectivity index (χ3v) is 5.89. The van der Waals surface area contributed by atoms with Crippen LogP contribution in [-0.4, -0.2) is 30.0 Å². The Labute approximate surface area is 189 Å². The summed E-state index contributed by atoms with van der Waals surface area (Å²) in [6.45, 7) is 6.64. The van der Waals surface area contributed by atoms with E-state index in [2.05, 4.69) is 11.8 Å². The minimum Gasteiger partial charge on any atom is -0.481 e. The summed E-state index contributed by atoms with van der Waals surface area (Å²) in [4.78, 5) is 17.3. The van der Waals surface area contributed by atoms with Gasteiger partial charge in [-0.05, 0) is 68.5 Å². The number of piperidine rings is 1. The van der Waals surface area contributed by atoms with Crippen molar-refractivity contribution in [3.63, 3.8) is 0 Å². The number of furan rings is 2. The van der Waals surface area contributed by atoms with E-state index in [1.165, 1.54) is 24.8 Å². The van der Waals surface area contributed by atoms with E-state index in [4.69, 9.17) is 13.6 Å². The molecule has 3 aromatic rings. The van der Waals surface area contributed by atoms with Crippen LogP contribution in [0.2, 0.25) is 0 Å². The lowest BCUT2D eigenvalue weighted by Gasteiger charge is -2.26. The smallest absolute Gasteiger partial charge is 0.264 e. The molecule has 2 aromatic heterocycles. The number of ether oxygens (including phenoxy) is 1. The first-order valence-electron chi connectivity index (χ1n) is 11.5. The van der Waals surface area contributed by atoms with Crippen molar-refractivity contribution in [2.45, 2.75) is 58.7 Å².